The molecular weight excluding hydrogens is 448 g/mol. The molecule has 8 aliphatic heterocycles. The molecule has 0 N–H and O–H groups in total. The summed E-state index contributed by atoms with van der Waals surface area (Å²) in [6.45, 7) is 5.63. The summed E-state index contributed by atoms with van der Waals surface area (Å²) in [4.78, 5) is 36.2. The highest BCUT2D eigenvalue weighted by molar-refractivity contribution is 5.78. The van der Waals surface area contributed by atoms with Crippen LogP contribution in [-0.2, 0) is 9.59 Å². The molecule has 7 saturated heterocycles. The van der Waals surface area contributed by atoms with Crippen LogP contribution in [0.3, 0.4) is 0 Å². The Morgan fingerprint density at radius 2 is 1.42 bits per heavy atom. The summed E-state index contributed by atoms with van der Waals surface area (Å²) in [5.41, 5.74) is 1.68. The van der Waals surface area contributed by atoms with E-state index in [0.717, 1.165) is 45.3 Å². The lowest BCUT2D eigenvalue weighted by Crippen LogP contribution is -2.69. The van der Waals surface area contributed by atoms with Gasteiger partial charge in [0.25, 0.3) is 0 Å². The Kier molecular flexibility index (Phi) is 5.37. The molecule has 0 bridgehead atoms. The van der Waals surface area contributed by atoms with Gasteiger partial charge >= 0.3 is 0 Å². The van der Waals surface area contributed by atoms with Gasteiger partial charge < -0.3 is 9.80 Å². The fourth-order valence-electron chi connectivity index (χ4n) is 10.9. The van der Waals surface area contributed by atoms with Crippen molar-refractivity contribution in [3.63, 3.8) is 0 Å². The van der Waals surface area contributed by atoms with E-state index in [4.69, 9.17) is 0 Å². The third-order valence-corrected chi connectivity index (χ3v) is 12.0. The molecule has 0 aromatic carbocycles. The van der Waals surface area contributed by atoms with Gasteiger partial charge in [0.05, 0.1) is 0 Å². The predicted molar refractivity (Wildman–Crippen MR) is 138 cm³/mol. The first-order valence-corrected chi connectivity index (χ1v) is 15.5. The number of carbonyl (C=O) groups is 2. The van der Waals surface area contributed by atoms with Gasteiger partial charge in [0.1, 0.15) is 0 Å². The summed E-state index contributed by atoms with van der Waals surface area (Å²) >= 11 is 0. The quantitative estimate of drug-likeness (QED) is 0.527. The van der Waals surface area contributed by atoms with Crippen LogP contribution in [0.5, 0.6) is 0 Å². The van der Waals surface area contributed by atoms with Gasteiger partial charge in [-0.25, -0.2) is 0 Å². The lowest BCUT2D eigenvalue weighted by molar-refractivity contribution is -0.153. The molecule has 6 nitrogen and oxygen atoms in total. The molecule has 2 amide bonds. The third-order valence-electron chi connectivity index (χ3n) is 12.0. The second-order valence-corrected chi connectivity index (χ2v) is 13.6. The Labute approximate surface area is 216 Å². The second kappa shape index (κ2) is 8.56. The molecule has 36 heavy (non-hydrogen) atoms. The van der Waals surface area contributed by atoms with Crippen LogP contribution in [-0.4, -0.2) is 94.3 Å². The van der Waals surface area contributed by atoms with Crippen molar-refractivity contribution in [1.82, 2.24) is 19.6 Å². The number of fused-ring (bicyclic) bond motifs is 4. The number of nitrogens with zero attached hydrogens (tertiary/aromatic N) is 4. The minimum Gasteiger partial charge on any atom is -0.339 e. The van der Waals surface area contributed by atoms with Crippen molar-refractivity contribution in [3.05, 3.63) is 11.6 Å². The Hall–Kier alpha value is -1.40. The van der Waals surface area contributed by atoms with E-state index in [1.165, 1.54) is 64.5 Å². The lowest BCUT2D eigenvalue weighted by Gasteiger charge is -2.62. The smallest absolute Gasteiger partial charge is 0.222 e. The average molecular weight is 493 g/mol. The van der Waals surface area contributed by atoms with E-state index in [9.17, 15) is 9.59 Å². The van der Waals surface area contributed by atoms with Crippen molar-refractivity contribution < 1.29 is 9.59 Å². The monoisotopic (exact) mass is 492 g/mol. The largest absolute Gasteiger partial charge is 0.339 e. The molecule has 0 aromatic heterocycles. The van der Waals surface area contributed by atoms with E-state index in [2.05, 4.69) is 25.7 Å². The molecule has 6 heteroatoms. The number of carbonyl (C=O) groups excluding carboxylic acids is 2. The van der Waals surface area contributed by atoms with Crippen molar-refractivity contribution in [2.45, 2.75) is 107 Å². The first kappa shape index (κ1) is 22.6. The highest BCUT2D eigenvalue weighted by Gasteiger charge is 2.55. The van der Waals surface area contributed by atoms with Crippen molar-refractivity contribution in [2.75, 3.05) is 32.7 Å². The lowest BCUT2D eigenvalue weighted by atomic mass is 9.65. The van der Waals surface area contributed by atoms with Crippen molar-refractivity contribution in [1.29, 1.82) is 0 Å². The van der Waals surface area contributed by atoms with Crippen molar-refractivity contribution >= 4 is 11.8 Å². The SMILES string of the molecule is O=C1CCC[C@@H]2[C@H]3CCCN4CC([C@@H]5CC[C@H]6[C@@H]7[C@@H](CCCN75)CN5C(=O)CCC[C@H]65)=C[C@@H](CN12)[C@@H]34. The highest BCUT2D eigenvalue weighted by Crippen LogP contribution is 2.50. The normalized spacial score (nSPS) is 46.9. The van der Waals surface area contributed by atoms with E-state index in [1.54, 1.807) is 5.57 Å². The summed E-state index contributed by atoms with van der Waals surface area (Å²) in [6, 6.07) is 2.93. The van der Waals surface area contributed by atoms with E-state index >= 15 is 0 Å². The summed E-state index contributed by atoms with van der Waals surface area (Å²) in [5.74, 6) is 3.42. The summed E-state index contributed by atoms with van der Waals surface area (Å²) in [7, 11) is 0. The summed E-state index contributed by atoms with van der Waals surface area (Å²) in [6.07, 6.45) is 16.6. The van der Waals surface area contributed by atoms with Crippen molar-refractivity contribution in [2.24, 2.45) is 23.7 Å². The minimum absolute atomic E-state index is 0.426. The molecular formula is C30H44N4O2. The van der Waals surface area contributed by atoms with Crippen LogP contribution in [0.4, 0.5) is 0 Å². The number of hydrogen-bond acceptors (Lipinski definition) is 4. The topological polar surface area (TPSA) is 47.1 Å². The molecule has 0 spiro atoms. The van der Waals surface area contributed by atoms with Gasteiger partial charge in [0.2, 0.25) is 11.8 Å². The first-order chi connectivity index (χ1) is 17.7. The van der Waals surface area contributed by atoms with Crippen LogP contribution in [0, 0.1) is 23.7 Å². The van der Waals surface area contributed by atoms with E-state index in [-0.39, 0.29) is 0 Å². The van der Waals surface area contributed by atoms with E-state index < -0.39 is 0 Å². The van der Waals surface area contributed by atoms with Crippen molar-refractivity contribution in [3.8, 4) is 0 Å². The zero-order valence-electron chi connectivity index (χ0n) is 21.9. The number of amides is 2. The van der Waals surface area contributed by atoms with Gasteiger partial charge in [-0.1, -0.05) is 6.08 Å². The van der Waals surface area contributed by atoms with Crippen LogP contribution < -0.4 is 0 Å². The molecule has 8 rings (SSSR count). The van der Waals surface area contributed by atoms with E-state index in [1.807, 2.05) is 0 Å². The molecule has 8 heterocycles. The standard InChI is InChI=1S/C30H44N4O2/c35-27-9-2-8-26-23-11-12-24(32-14-3-5-19(30(23)32)17-33(26)27)20-15-21-18-34-25(7-1-10-28(34)36)22-6-4-13-31(16-20)29(21)22/h15,19,21-26,29-30H,1-14,16-18H2/t19-,21-,22+,23+,24-,25+,26+,29-,30-/m0/s1. The average Bonchev–Trinajstić information content (AvgIpc) is 2.90. The highest BCUT2D eigenvalue weighted by atomic mass is 16.2. The predicted octanol–water partition coefficient (Wildman–Crippen LogP) is 3.27. The Balaban J connectivity index is 1.09. The molecule has 0 radical (unpaired) electrons. The maximum Gasteiger partial charge on any atom is 0.222 e. The minimum atomic E-state index is 0.426. The second-order valence-electron chi connectivity index (χ2n) is 13.6. The molecule has 0 unspecified atom stereocenters. The fraction of sp³-hybridized carbons (Fsp3) is 0.867. The van der Waals surface area contributed by atoms with Crippen LogP contribution in [0.2, 0.25) is 0 Å². The van der Waals surface area contributed by atoms with Gasteiger partial charge in [0, 0.05) is 68.6 Å². The van der Waals surface area contributed by atoms with Crippen LogP contribution in [0.25, 0.3) is 0 Å². The molecule has 8 aliphatic rings. The zero-order chi connectivity index (χ0) is 24.0. The van der Waals surface area contributed by atoms with Gasteiger partial charge in [-0.15, -0.1) is 0 Å². The molecule has 0 aromatic rings. The maximum atomic E-state index is 12.9. The zero-order valence-corrected chi connectivity index (χ0v) is 21.9. The van der Waals surface area contributed by atoms with Crippen LogP contribution in [0.15, 0.2) is 11.6 Å². The Morgan fingerprint density at radius 1 is 0.694 bits per heavy atom. The molecule has 0 aliphatic carbocycles. The van der Waals surface area contributed by atoms with Gasteiger partial charge in [-0.05, 0) is 101 Å². The van der Waals surface area contributed by atoms with Gasteiger partial charge in [-0.2, -0.15) is 0 Å². The van der Waals surface area contributed by atoms with E-state index in [0.29, 0.717) is 65.7 Å². The van der Waals surface area contributed by atoms with Gasteiger partial charge in [0.15, 0.2) is 0 Å². The molecule has 7 fully saturated rings. The number of hydrogen-bond donors (Lipinski definition) is 0. The number of rotatable bonds is 1. The fourth-order valence-corrected chi connectivity index (χ4v) is 10.9. The maximum absolute atomic E-state index is 12.9. The van der Waals surface area contributed by atoms with Crippen LogP contribution >= 0.6 is 0 Å². The van der Waals surface area contributed by atoms with Crippen LogP contribution in [0.1, 0.15) is 77.0 Å². The molecule has 0 saturated carbocycles. The Bertz CT molecular complexity index is 965. The summed E-state index contributed by atoms with van der Waals surface area (Å²) < 4.78 is 0. The summed E-state index contributed by atoms with van der Waals surface area (Å²) in [5, 5.41) is 0. The molecule has 196 valence electrons. The Morgan fingerprint density at radius 3 is 2.22 bits per heavy atom. The van der Waals surface area contributed by atoms with Gasteiger partial charge in [-0.3, -0.25) is 19.4 Å². The molecule has 9 atom stereocenters. The first-order valence-electron chi connectivity index (χ1n) is 15.5. The number of piperidine rings is 7. The third kappa shape index (κ3) is 3.28.